The molecule has 0 aliphatic rings. The molecule has 0 bridgehead atoms. The largest absolute Gasteiger partial charge is 0.234 e. The highest BCUT2D eigenvalue weighted by molar-refractivity contribution is 7.85. The molecule has 0 N–H and O–H groups in total. The molecule has 0 saturated heterocycles. The van der Waals surface area contributed by atoms with Gasteiger partial charge in [-0.3, -0.25) is 0 Å². The third kappa shape index (κ3) is 3.66. The molecular weight excluding hydrogens is 251 g/mol. The van der Waals surface area contributed by atoms with Gasteiger partial charge in [-0.15, -0.1) is 0 Å². The van der Waals surface area contributed by atoms with Crippen molar-refractivity contribution in [2.75, 3.05) is 0 Å². The van der Waals surface area contributed by atoms with Crippen molar-refractivity contribution in [1.29, 1.82) is 0 Å². The predicted molar refractivity (Wildman–Crippen MR) is 61.8 cm³/mol. The summed E-state index contributed by atoms with van der Waals surface area (Å²) in [5.41, 5.74) is -0.235. The van der Waals surface area contributed by atoms with E-state index in [1.807, 2.05) is 0 Å². The fraction of sp³-hybridized carbons (Fsp3) is 0.364. The van der Waals surface area contributed by atoms with Crippen LogP contribution in [-0.2, 0) is 11.0 Å². The van der Waals surface area contributed by atoms with E-state index < -0.39 is 33.2 Å². The van der Waals surface area contributed by atoms with E-state index in [0.29, 0.717) is 12.1 Å². The van der Waals surface area contributed by atoms with E-state index in [4.69, 9.17) is 0 Å². The van der Waals surface area contributed by atoms with Gasteiger partial charge in [-0.05, 0) is 26.8 Å². The lowest BCUT2D eigenvalue weighted by atomic mass is 10.2. The third-order valence-corrected chi connectivity index (χ3v) is 3.20. The Labute approximate surface area is 100 Å². The molecular formula is C11H12F3NOS. The zero-order valence-electron chi connectivity index (χ0n) is 9.63. The summed E-state index contributed by atoms with van der Waals surface area (Å²) >= 11 is 0. The highest BCUT2D eigenvalue weighted by Gasteiger charge is 2.18. The second-order valence-corrected chi connectivity index (χ2v) is 6.32. The molecule has 0 radical (unpaired) electrons. The molecule has 94 valence electrons. The summed E-state index contributed by atoms with van der Waals surface area (Å²) in [4.78, 5) is 0. The second kappa shape index (κ2) is 5.00. The van der Waals surface area contributed by atoms with Crippen molar-refractivity contribution in [1.82, 2.24) is 0 Å². The Kier molecular flexibility index (Phi) is 4.08. The van der Waals surface area contributed by atoms with Crippen molar-refractivity contribution in [2.45, 2.75) is 25.5 Å². The van der Waals surface area contributed by atoms with Crippen LogP contribution in [0.2, 0.25) is 0 Å². The molecule has 17 heavy (non-hydrogen) atoms. The first-order valence-electron chi connectivity index (χ1n) is 4.82. The molecule has 0 saturated carbocycles. The average molecular weight is 263 g/mol. The lowest BCUT2D eigenvalue weighted by molar-refractivity contribution is 0.494. The van der Waals surface area contributed by atoms with Crippen molar-refractivity contribution < 1.29 is 17.4 Å². The Morgan fingerprint density at radius 1 is 1.12 bits per heavy atom. The van der Waals surface area contributed by atoms with Crippen LogP contribution in [0, 0.1) is 17.5 Å². The number of hydrogen-bond donors (Lipinski definition) is 0. The van der Waals surface area contributed by atoms with Crippen LogP contribution in [0.1, 0.15) is 26.3 Å². The summed E-state index contributed by atoms with van der Waals surface area (Å²) in [5.74, 6) is -3.38. The minimum absolute atomic E-state index is 0.235. The first kappa shape index (κ1) is 13.9. The molecule has 0 aliphatic carbocycles. The van der Waals surface area contributed by atoms with Gasteiger partial charge in [0.15, 0.2) is 11.6 Å². The molecule has 2 nitrogen and oxygen atoms in total. The van der Waals surface area contributed by atoms with Crippen LogP contribution in [-0.4, -0.2) is 15.2 Å². The first-order chi connectivity index (χ1) is 7.71. The van der Waals surface area contributed by atoms with Crippen LogP contribution < -0.4 is 0 Å². The van der Waals surface area contributed by atoms with Crippen LogP contribution >= 0.6 is 0 Å². The smallest absolute Gasteiger partial charge is 0.161 e. The van der Waals surface area contributed by atoms with E-state index in [-0.39, 0.29) is 5.56 Å². The zero-order valence-corrected chi connectivity index (χ0v) is 10.4. The van der Waals surface area contributed by atoms with Crippen molar-refractivity contribution >= 4 is 17.2 Å². The van der Waals surface area contributed by atoms with E-state index in [1.54, 1.807) is 20.8 Å². The van der Waals surface area contributed by atoms with Crippen LogP contribution in [0.3, 0.4) is 0 Å². The van der Waals surface area contributed by atoms with Gasteiger partial charge in [-0.1, -0.05) is 0 Å². The van der Waals surface area contributed by atoms with Gasteiger partial charge in [0.1, 0.15) is 16.8 Å². The van der Waals surface area contributed by atoms with E-state index >= 15 is 0 Å². The Morgan fingerprint density at radius 3 is 2.18 bits per heavy atom. The summed E-state index contributed by atoms with van der Waals surface area (Å²) in [6.07, 6.45) is 0.944. The molecule has 1 rings (SSSR count). The van der Waals surface area contributed by atoms with Crippen LogP contribution in [0.4, 0.5) is 13.2 Å². The first-order valence-corrected chi connectivity index (χ1v) is 5.93. The molecule has 1 aromatic carbocycles. The zero-order chi connectivity index (χ0) is 13.2. The molecule has 0 aromatic heterocycles. The normalized spacial score (nSPS) is 14.2. The molecule has 0 spiro atoms. The van der Waals surface area contributed by atoms with Gasteiger partial charge < -0.3 is 0 Å². The van der Waals surface area contributed by atoms with Crippen molar-refractivity contribution in [2.24, 2.45) is 4.40 Å². The van der Waals surface area contributed by atoms with E-state index in [2.05, 4.69) is 4.40 Å². The molecule has 0 aliphatic heterocycles. The minimum atomic E-state index is -1.57. The molecule has 0 heterocycles. The minimum Gasteiger partial charge on any atom is -0.234 e. The highest BCUT2D eigenvalue weighted by atomic mass is 32.2. The maximum absolute atomic E-state index is 13.2. The molecule has 1 atom stereocenters. The number of hydrogen-bond acceptors (Lipinski definition) is 1. The number of benzene rings is 1. The van der Waals surface area contributed by atoms with Gasteiger partial charge in [-0.25, -0.2) is 17.4 Å². The maximum atomic E-state index is 13.2. The molecule has 6 heteroatoms. The van der Waals surface area contributed by atoms with Crippen molar-refractivity contribution in [3.63, 3.8) is 0 Å². The number of rotatable bonds is 2. The van der Waals surface area contributed by atoms with Gasteiger partial charge in [0.25, 0.3) is 0 Å². The van der Waals surface area contributed by atoms with E-state index in [9.17, 15) is 17.4 Å². The SMILES string of the molecule is CC(C)(C)S(=O)N=Cc1cc(F)c(F)cc1F. The van der Waals surface area contributed by atoms with E-state index in [1.165, 1.54) is 0 Å². The third-order valence-electron chi connectivity index (χ3n) is 1.85. The Hall–Kier alpha value is -1.17. The van der Waals surface area contributed by atoms with Crippen LogP contribution in [0.15, 0.2) is 16.5 Å². The maximum Gasteiger partial charge on any atom is 0.161 e. The van der Waals surface area contributed by atoms with Gasteiger partial charge in [0.2, 0.25) is 0 Å². The summed E-state index contributed by atoms with van der Waals surface area (Å²) in [7, 11) is -1.57. The van der Waals surface area contributed by atoms with E-state index in [0.717, 1.165) is 6.21 Å². The Morgan fingerprint density at radius 2 is 1.65 bits per heavy atom. The lowest BCUT2D eigenvalue weighted by Crippen LogP contribution is -2.19. The van der Waals surface area contributed by atoms with Crippen LogP contribution in [0.25, 0.3) is 0 Å². The second-order valence-electron chi connectivity index (χ2n) is 4.38. The fourth-order valence-corrected chi connectivity index (χ4v) is 1.43. The quantitative estimate of drug-likeness (QED) is 0.596. The number of nitrogens with zero attached hydrogens (tertiary/aromatic N) is 1. The summed E-state index contributed by atoms with van der Waals surface area (Å²) in [6.45, 7) is 5.09. The number of halogens is 3. The average Bonchev–Trinajstić information content (AvgIpc) is 2.19. The lowest BCUT2D eigenvalue weighted by Gasteiger charge is -2.12. The fourth-order valence-electron chi connectivity index (χ4n) is 0.900. The summed E-state index contributed by atoms with van der Waals surface area (Å²) in [5, 5.41) is 0. The Bertz CT molecular complexity index is 480. The molecule has 0 fully saturated rings. The van der Waals surface area contributed by atoms with Crippen molar-refractivity contribution in [3.05, 3.63) is 35.1 Å². The molecule has 1 aromatic rings. The standard InChI is InChI=1S/C11H12F3NOS/c1-11(2,3)17(16)15-6-7-4-9(13)10(14)5-8(7)12/h4-6H,1-3H3. The summed E-state index contributed by atoms with van der Waals surface area (Å²) < 4.78 is 53.2. The topological polar surface area (TPSA) is 29.4 Å². The predicted octanol–water partition coefficient (Wildman–Crippen LogP) is 2.99. The Balaban J connectivity index is 3.01. The monoisotopic (exact) mass is 263 g/mol. The van der Waals surface area contributed by atoms with Gasteiger partial charge in [-0.2, -0.15) is 4.40 Å². The summed E-state index contributed by atoms with van der Waals surface area (Å²) in [6, 6.07) is 1.10. The van der Waals surface area contributed by atoms with Gasteiger partial charge >= 0.3 is 0 Å². The molecule has 1 unspecified atom stereocenters. The van der Waals surface area contributed by atoms with Gasteiger partial charge in [0.05, 0.1) is 4.75 Å². The van der Waals surface area contributed by atoms with Crippen molar-refractivity contribution in [3.8, 4) is 0 Å². The highest BCUT2D eigenvalue weighted by Crippen LogP contribution is 2.15. The van der Waals surface area contributed by atoms with Gasteiger partial charge in [0, 0.05) is 17.8 Å². The van der Waals surface area contributed by atoms with Crippen LogP contribution in [0.5, 0.6) is 0 Å². The molecule has 0 amide bonds.